The third kappa shape index (κ3) is 9.85. The molecule has 0 heterocycles. The lowest BCUT2D eigenvalue weighted by molar-refractivity contribution is -0.137. The molecule has 18 heavy (non-hydrogen) atoms. The van der Waals surface area contributed by atoms with Crippen molar-refractivity contribution in [3.63, 3.8) is 0 Å². The van der Waals surface area contributed by atoms with Crippen LogP contribution in [0.15, 0.2) is 0 Å². The number of rotatable bonds is 9. The molecule has 0 aliphatic carbocycles. The molecule has 0 fully saturated rings. The zero-order valence-electron chi connectivity index (χ0n) is 10.6. The van der Waals surface area contributed by atoms with Gasteiger partial charge in [0.2, 0.25) is 0 Å². The van der Waals surface area contributed by atoms with Crippen LogP contribution in [0.2, 0.25) is 0 Å². The summed E-state index contributed by atoms with van der Waals surface area (Å²) in [5.41, 5.74) is 0. The molecular formula is C12H20N2O3S. The van der Waals surface area contributed by atoms with Crippen LogP contribution < -0.4 is 10.6 Å². The average Bonchev–Trinajstić information content (AvgIpc) is 2.28. The second kappa shape index (κ2) is 10.8. The van der Waals surface area contributed by atoms with Gasteiger partial charge in [-0.1, -0.05) is 19.3 Å². The Morgan fingerprint density at radius 3 is 2.78 bits per heavy atom. The maximum absolute atomic E-state index is 11.5. The molecule has 1 atom stereocenters. The lowest BCUT2D eigenvalue weighted by atomic mass is 10.1. The van der Waals surface area contributed by atoms with Gasteiger partial charge in [0.15, 0.2) is 0 Å². The van der Waals surface area contributed by atoms with Gasteiger partial charge >= 0.3 is 12.0 Å². The molecule has 0 aromatic carbocycles. The minimum absolute atomic E-state index is 0.0485. The van der Waals surface area contributed by atoms with Gasteiger partial charge in [-0.25, -0.2) is 4.79 Å². The highest BCUT2D eigenvalue weighted by Gasteiger charge is 2.14. The molecule has 0 aromatic heterocycles. The van der Waals surface area contributed by atoms with Crippen molar-refractivity contribution >= 4 is 23.8 Å². The third-order valence-corrected chi connectivity index (χ3v) is 2.97. The van der Waals surface area contributed by atoms with Gasteiger partial charge in [0.05, 0.1) is 12.2 Å². The van der Waals surface area contributed by atoms with Gasteiger partial charge in [0.25, 0.3) is 0 Å². The molecule has 0 aromatic rings. The summed E-state index contributed by atoms with van der Waals surface area (Å²) >= 11 is 1.56. The average molecular weight is 272 g/mol. The van der Waals surface area contributed by atoms with E-state index in [-0.39, 0.29) is 18.5 Å². The summed E-state index contributed by atoms with van der Waals surface area (Å²) in [4.78, 5) is 22.1. The van der Waals surface area contributed by atoms with Crippen molar-refractivity contribution in [3.05, 3.63) is 0 Å². The summed E-state index contributed by atoms with van der Waals surface area (Å²) < 4.78 is 0. The van der Waals surface area contributed by atoms with Gasteiger partial charge in [-0.3, -0.25) is 4.79 Å². The number of terminal acetylenes is 1. The van der Waals surface area contributed by atoms with E-state index < -0.39 is 5.97 Å². The summed E-state index contributed by atoms with van der Waals surface area (Å²) in [6, 6.07) is -0.637. The monoisotopic (exact) mass is 272 g/mol. The number of carboxylic acids is 1. The Morgan fingerprint density at radius 1 is 1.50 bits per heavy atom. The number of amides is 2. The van der Waals surface area contributed by atoms with Gasteiger partial charge in [-0.15, -0.1) is 18.2 Å². The van der Waals surface area contributed by atoms with Gasteiger partial charge in [0, 0.05) is 18.3 Å². The number of hydrogen-bond acceptors (Lipinski definition) is 3. The molecule has 102 valence electrons. The zero-order chi connectivity index (χ0) is 13.8. The van der Waals surface area contributed by atoms with Crippen LogP contribution in [0, 0.1) is 12.3 Å². The number of urea groups is 1. The third-order valence-electron chi connectivity index (χ3n) is 2.11. The van der Waals surface area contributed by atoms with Crippen molar-refractivity contribution in [2.45, 2.75) is 32.2 Å². The van der Waals surface area contributed by atoms with Crippen LogP contribution >= 0.6 is 11.8 Å². The summed E-state index contributed by atoms with van der Waals surface area (Å²) in [6.45, 7) is 2.47. The van der Waals surface area contributed by atoms with Gasteiger partial charge < -0.3 is 15.7 Å². The van der Waals surface area contributed by atoms with E-state index in [9.17, 15) is 9.59 Å². The van der Waals surface area contributed by atoms with Crippen molar-refractivity contribution in [2.24, 2.45) is 0 Å². The van der Waals surface area contributed by atoms with E-state index in [1.807, 2.05) is 6.92 Å². The minimum Gasteiger partial charge on any atom is -0.481 e. The molecule has 0 bridgehead atoms. The van der Waals surface area contributed by atoms with Crippen LogP contribution in [0.4, 0.5) is 4.79 Å². The van der Waals surface area contributed by atoms with Crippen molar-refractivity contribution in [2.75, 3.05) is 18.1 Å². The molecule has 0 spiro atoms. The van der Waals surface area contributed by atoms with Gasteiger partial charge in [0.1, 0.15) is 0 Å². The molecule has 0 aliphatic heterocycles. The van der Waals surface area contributed by atoms with Crippen molar-refractivity contribution in [1.82, 2.24) is 10.6 Å². The van der Waals surface area contributed by atoms with E-state index in [1.165, 1.54) is 0 Å². The highest BCUT2D eigenvalue weighted by atomic mass is 32.2. The van der Waals surface area contributed by atoms with E-state index in [4.69, 9.17) is 11.5 Å². The first-order valence-corrected chi connectivity index (χ1v) is 7.03. The summed E-state index contributed by atoms with van der Waals surface area (Å²) in [5.74, 6) is 2.96. The highest BCUT2D eigenvalue weighted by Crippen LogP contribution is 2.01. The maximum Gasteiger partial charge on any atom is 0.315 e. The summed E-state index contributed by atoms with van der Waals surface area (Å²) in [6.07, 6.45) is 6.53. The summed E-state index contributed by atoms with van der Waals surface area (Å²) in [5, 5.41) is 14.0. The lowest BCUT2D eigenvalue weighted by Crippen LogP contribution is -2.43. The predicted octanol–water partition coefficient (Wildman–Crippen LogP) is 1.30. The van der Waals surface area contributed by atoms with Crippen LogP contribution in [0.3, 0.4) is 0 Å². The molecule has 5 nitrogen and oxygen atoms in total. The van der Waals surface area contributed by atoms with Crippen LogP contribution in [0.25, 0.3) is 0 Å². The fraction of sp³-hybridized carbons (Fsp3) is 0.667. The lowest BCUT2D eigenvalue weighted by Gasteiger charge is -2.16. The Bertz CT molecular complexity index is 302. The second-order valence-corrected chi connectivity index (χ2v) is 4.85. The Balaban J connectivity index is 3.80. The van der Waals surface area contributed by atoms with Crippen LogP contribution in [-0.2, 0) is 4.79 Å². The topological polar surface area (TPSA) is 78.4 Å². The van der Waals surface area contributed by atoms with E-state index in [2.05, 4.69) is 16.6 Å². The molecule has 2 amide bonds. The first-order valence-electron chi connectivity index (χ1n) is 5.87. The Hall–Kier alpha value is -1.35. The normalized spacial score (nSPS) is 11.3. The molecule has 3 N–H and O–H groups in total. The second-order valence-electron chi connectivity index (χ2n) is 3.74. The zero-order valence-corrected chi connectivity index (χ0v) is 11.4. The molecule has 1 unspecified atom stereocenters. The quantitative estimate of drug-likeness (QED) is 0.436. The number of hydrogen-bond donors (Lipinski definition) is 3. The molecular weight excluding hydrogens is 252 g/mol. The fourth-order valence-electron chi connectivity index (χ4n) is 1.39. The number of carbonyl (C=O) groups is 2. The van der Waals surface area contributed by atoms with E-state index >= 15 is 0 Å². The van der Waals surface area contributed by atoms with Crippen LogP contribution in [0.5, 0.6) is 0 Å². The van der Waals surface area contributed by atoms with E-state index in [0.29, 0.717) is 18.7 Å². The van der Waals surface area contributed by atoms with Gasteiger partial charge in [-0.2, -0.15) is 0 Å². The number of thioether (sulfide) groups is 1. The largest absolute Gasteiger partial charge is 0.481 e. The van der Waals surface area contributed by atoms with E-state index in [1.54, 1.807) is 11.8 Å². The molecule has 0 aliphatic rings. The SMILES string of the molecule is C#CCSCCNC(=O)NC(CCC)CC(=O)O. The van der Waals surface area contributed by atoms with Crippen molar-refractivity contribution < 1.29 is 14.7 Å². The van der Waals surface area contributed by atoms with Gasteiger partial charge in [-0.05, 0) is 6.42 Å². The number of carboxylic acid groups (broad SMARTS) is 1. The van der Waals surface area contributed by atoms with Crippen LogP contribution in [0.1, 0.15) is 26.2 Å². The molecule has 0 rings (SSSR count). The summed E-state index contributed by atoms with van der Waals surface area (Å²) in [7, 11) is 0. The molecule has 0 saturated carbocycles. The Labute approximate surface area is 112 Å². The minimum atomic E-state index is -0.904. The highest BCUT2D eigenvalue weighted by molar-refractivity contribution is 7.99. The smallest absolute Gasteiger partial charge is 0.315 e. The fourth-order valence-corrected chi connectivity index (χ4v) is 1.90. The molecule has 0 saturated heterocycles. The first kappa shape index (κ1) is 16.6. The Morgan fingerprint density at radius 2 is 2.22 bits per heavy atom. The van der Waals surface area contributed by atoms with E-state index in [0.717, 1.165) is 12.2 Å². The van der Waals surface area contributed by atoms with Crippen molar-refractivity contribution in [1.29, 1.82) is 0 Å². The predicted molar refractivity (Wildman–Crippen MR) is 73.6 cm³/mol. The molecule has 6 heteroatoms. The first-order chi connectivity index (χ1) is 8.60. The number of carbonyl (C=O) groups excluding carboxylic acids is 1. The standard InChI is InChI=1S/C12H20N2O3S/c1-3-5-10(9-11(15)16)14-12(17)13-6-8-18-7-4-2/h2,10H,3,5-9H2,1H3,(H,15,16)(H2,13,14,17). The Kier molecular flexibility index (Phi) is 9.97. The number of nitrogens with one attached hydrogen (secondary N) is 2. The van der Waals surface area contributed by atoms with Crippen LogP contribution in [-0.4, -0.2) is 41.2 Å². The maximum atomic E-state index is 11.5. The number of aliphatic carboxylic acids is 1. The van der Waals surface area contributed by atoms with Crippen molar-refractivity contribution in [3.8, 4) is 12.3 Å². The molecule has 0 radical (unpaired) electrons.